The molecule has 0 aliphatic heterocycles. The third-order valence-corrected chi connectivity index (χ3v) is 4.21. The zero-order valence-corrected chi connectivity index (χ0v) is 15.6. The van der Waals surface area contributed by atoms with Crippen molar-refractivity contribution in [3.63, 3.8) is 0 Å². The predicted molar refractivity (Wildman–Crippen MR) is 105 cm³/mol. The van der Waals surface area contributed by atoms with Gasteiger partial charge >= 0.3 is 0 Å². The molecule has 0 aliphatic carbocycles. The van der Waals surface area contributed by atoms with Crippen LogP contribution < -0.4 is 19.5 Å². The second-order valence-electron chi connectivity index (χ2n) is 6.07. The number of rotatable bonds is 9. The SMILES string of the molecule is COc1ccc(OC)c(CNCc2ccc(OCc3ccncc3)cc2)c1. The van der Waals surface area contributed by atoms with Crippen LogP contribution in [0.25, 0.3) is 0 Å². The lowest BCUT2D eigenvalue weighted by molar-refractivity contribution is 0.306. The molecule has 140 valence electrons. The highest BCUT2D eigenvalue weighted by atomic mass is 16.5. The second-order valence-corrected chi connectivity index (χ2v) is 6.07. The lowest BCUT2D eigenvalue weighted by atomic mass is 10.1. The molecule has 0 saturated heterocycles. The Morgan fingerprint density at radius 3 is 2.22 bits per heavy atom. The fourth-order valence-electron chi connectivity index (χ4n) is 2.71. The van der Waals surface area contributed by atoms with E-state index in [2.05, 4.69) is 22.4 Å². The van der Waals surface area contributed by atoms with Gasteiger partial charge in [0.2, 0.25) is 0 Å². The summed E-state index contributed by atoms with van der Waals surface area (Å²) in [4.78, 5) is 4.01. The van der Waals surface area contributed by atoms with Crippen molar-refractivity contribution in [1.82, 2.24) is 10.3 Å². The number of nitrogens with zero attached hydrogens (tertiary/aromatic N) is 1. The number of benzene rings is 2. The number of methoxy groups -OCH3 is 2. The molecule has 0 bridgehead atoms. The summed E-state index contributed by atoms with van der Waals surface area (Å²) >= 11 is 0. The Hall–Kier alpha value is -3.05. The maximum Gasteiger partial charge on any atom is 0.123 e. The van der Waals surface area contributed by atoms with Crippen molar-refractivity contribution in [2.45, 2.75) is 19.7 Å². The zero-order chi connectivity index (χ0) is 18.9. The summed E-state index contributed by atoms with van der Waals surface area (Å²) < 4.78 is 16.5. The number of nitrogens with one attached hydrogen (secondary N) is 1. The minimum Gasteiger partial charge on any atom is -0.497 e. The third kappa shape index (κ3) is 5.46. The summed E-state index contributed by atoms with van der Waals surface area (Å²) in [6.07, 6.45) is 3.54. The van der Waals surface area contributed by atoms with Crippen LogP contribution in [0, 0.1) is 0 Å². The van der Waals surface area contributed by atoms with Crippen molar-refractivity contribution in [1.29, 1.82) is 0 Å². The fraction of sp³-hybridized carbons (Fsp3) is 0.227. The van der Waals surface area contributed by atoms with E-state index in [4.69, 9.17) is 14.2 Å². The molecule has 3 aromatic rings. The topological polar surface area (TPSA) is 52.6 Å². The summed E-state index contributed by atoms with van der Waals surface area (Å²) in [6, 6.07) is 17.8. The normalized spacial score (nSPS) is 10.4. The molecule has 5 heteroatoms. The molecule has 1 aromatic heterocycles. The van der Waals surface area contributed by atoms with E-state index in [0.29, 0.717) is 13.2 Å². The smallest absolute Gasteiger partial charge is 0.123 e. The van der Waals surface area contributed by atoms with E-state index >= 15 is 0 Å². The number of hydrogen-bond donors (Lipinski definition) is 1. The van der Waals surface area contributed by atoms with Gasteiger partial charge in [-0.1, -0.05) is 12.1 Å². The summed E-state index contributed by atoms with van der Waals surface area (Å²) in [5, 5.41) is 3.44. The van der Waals surface area contributed by atoms with E-state index in [-0.39, 0.29) is 0 Å². The summed E-state index contributed by atoms with van der Waals surface area (Å²) in [5.41, 5.74) is 3.35. The van der Waals surface area contributed by atoms with Gasteiger partial charge in [0.25, 0.3) is 0 Å². The summed E-state index contributed by atoms with van der Waals surface area (Å²) in [5.74, 6) is 2.52. The van der Waals surface area contributed by atoms with E-state index in [1.54, 1.807) is 26.6 Å². The zero-order valence-electron chi connectivity index (χ0n) is 15.6. The van der Waals surface area contributed by atoms with Crippen LogP contribution in [0.15, 0.2) is 67.0 Å². The van der Waals surface area contributed by atoms with Gasteiger partial charge < -0.3 is 19.5 Å². The first-order chi connectivity index (χ1) is 13.3. The summed E-state index contributed by atoms with van der Waals surface area (Å²) in [7, 11) is 3.34. The first-order valence-corrected chi connectivity index (χ1v) is 8.81. The molecule has 3 rings (SSSR count). The Labute approximate surface area is 159 Å². The van der Waals surface area contributed by atoms with E-state index < -0.39 is 0 Å². The van der Waals surface area contributed by atoms with Gasteiger partial charge in [-0.15, -0.1) is 0 Å². The van der Waals surface area contributed by atoms with Crippen LogP contribution in [0.1, 0.15) is 16.7 Å². The van der Waals surface area contributed by atoms with Crippen molar-refractivity contribution in [3.8, 4) is 17.2 Å². The highest BCUT2D eigenvalue weighted by Gasteiger charge is 2.05. The Morgan fingerprint density at radius 2 is 1.52 bits per heavy atom. The van der Waals surface area contributed by atoms with Crippen molar-refractivity contribution in [3.05, 3.63) is 83.7 Å². The highest BCUT2D eigenvalue weighted by Crippen LogP contribution is 2.24. The number of aromatic nitrogens is 1. The van der Waals surface area contributed by atoms with Crippen LogP contribution in [0.3, 0.4) is 0 Å². The van der Waals surface area contributed by atoms with Crippen molar-refractivity contribution < 1.29 is 14.2 Å². The minimum atomic E-state index is 0.537. The quantitative estimate of drug-likeness (QED) is 0.623. The van der Waals surface area contributed by atoms with Crippen molar-refractivity contribution in [2.24, 2.45) is 0 Å². The molecule has 0 amide bonds. The van der Waals surface area contributed by atoms with E-state index in [9.17, 15) is 0 Å². The molecule has 0 radical (unpaired) electrons. The molecule has 5 nitrogen and oxygen atoms in total. The van der Waals surface area contributed by atoms with Gasteiger partial charge in [-0.05, 0) is 53.6 Å². The molecule has 27 heavy (non-hydrogen) atoms. The highest BCUT2D eigenvalue weighted by molar-refractivity contribution is 5.40. The van der Waals surface area contributed by atoms with Crippen LogP contribution in [-0.4, -0.2) is 19.2 Å². The number of hydrogen-bond acceptors (Lipinski definition) is 5. The Morgan fingerprint density at radius 1 is 0.778 bits per heavy atom. The van der Waals surface area contributed by atoms with E-state index in [0.717, 1.165) is 34.9 Å². The van der Waals surface area contributed by atoms with Gasteiger partial charge in [-0.2, -0.15) is 0 Å². The Bertz CT molecular complexity index is 836. The van der Waals surface area contributed by atoms with Crippen LogP contribution in [0.5, 0.6) is 17.2 Å². The molecule has 2 aromatic carbocycles. The van der Waals surface area contributed by atoms with E-state index in [1.807, 2.05) is 42.5 Å². The lowest BCUT2D eigenvalue weighted by Gasteiger charge is -2.12. The molecule has 0 unspecified atom stereocenters. The second kappa shape index (κ2) is 9.59. The van der Waals surface area contributed by atoms with Crippen LogP contribution in [0.2, 0.25) is 0 Å². The molecular weight excluding hydrogens is 340 g/mol. The number of ether oxygens (including phenoxy) is 3. The maximum atomic E-state index is 5.80. The predicted octanol–water partition coefficient (Wildman–Crippen LogP) is 3.97. The molecule has 0 aliphatic rings. The van der Waals surface area contributed by atoms with Gasteiger partial charge in [0, 0.05) is 31.0 Å². The Kier molecular flexibility index (Phi) is 6.66. The first kappa shape index (κ1) is 18.7. The minimum absolute atomic E-state index is 0.537. The average molecular weight is 364 g/mol. The van der Waals surface area contributed by atoms with E-state index in [1.165, 1.54) is 5.56 Å². The maximum absolute atomic E-state index is 5.80. The molecule has 1 heterocycles. The summed E-state index contributed by atoms with van der Waals surface area (Å²) in [6.45, 7) is 1.99. The van der Waals surface area contributed by atoms with Gasteiger partial charge in [0.05, 0.1) is 14.2 Å². The molecular formula is C22H24N2O3. The lowest BCUT2D eigenvalue weighted by Crippen LogP contribution is -2.13. The number of pyridine rings is 1. The van der Waals surface area contributed by atoms with Crippen LogP contribution in [0.4, 0.5) is 0 Å². The van der Waals surface area contributed by atoms with Crippen LogP contribution in [-0.2, 0) is 19.7 Å². The van der Waals surface area contributed by atoms with Gasteiger partial charge in [-0.3, -0.25) is 4.98 Å². The molecule has 0 atom stereocenters. The largest absolute Gasteiger partial charge is 0.497 e. The van der Waals surface area contributed by atoms with Crippen molar-refractivity contribution in [2.75, 3.05) is 14.2 Å². The van der Waals surface area contributed by atoms with Gasteiger partial charge in [0.1, 0.15) is 23.9 Å². The fourth-order valence-corrected chi connectivity index (χ4v) is 2.71. The molecule has 0 saturated carbocycles. The molecule has 0 spiro atoms. The molecule has 0 fully saturated rings. The monoisotopic (exact) mass is 364 g/mol. The van der Waals surface area contributed by atoms with Crippen LogP contribution >= 0.6 is 0 Å². The molecule has 1 N–H and O–H groups in total. The Balaban J connectivity index is 1.50. The van der Waals surface area contributed by atoms with Gasteiger partial charge in [0.15, 0.2) is 0 Å². The first-order valence-electron chi connectivity index (χ1n) is 8.81. The third-order valence-electron chi connectivity index (χ3n) is 4.21. The standard InChI is InChI=1S/C22H24N2O3/c1-25-21-7-8-22(26-2)19(13-21)15-24-14-17-3-5-20(6-4-17)27-16-18-9-11-23-12-10-18/h3-13,24H,14-16H2,1-2H3. The van der Waals surface area contributed by atoms with Crippen molar-refractivity contribution >= 4 is 0 Å². The average Bonchev–Trinajstić information content (AvgIpc) is 2.74. The van der Waals surface area contributed by atoms with Gasteiger partial charge in [-0.25, -0.2) is 0 Å².